The minimum atomic E-state index is -1.98. The van der Waals surface area contributed by atoms with Crippen molar-refractivity contribution >= 4 is 117 Å². The van der Waals surface area contributed by atoms with Crippen LogP contribution in [0.5, 0.6) is 17.2 Å². The molecule has 0 spiro atoms. The molecule has 1 unspecified atom stereocenters. The molecule has 0 saturated carbocycles. The molecule has 712 valence electrons. The lowest BCUT2D eigenvalue weighted by Gasteiger charge is -2.37. The summed E-state index contributed by atoms with van der Waals surface area (Å²) in [5.74, 6) is -17.3. The Morgan fingerprint density at radius 2 is 0.821 bits per heavy atom. The number of likely N-dealkylation sites (N-methyl/N-ethyl adjacent to an activating group) is 5. The first-order chi connectivity index (χ1) is 63.9. The fourth-order valence-corrected chi connectivity index (χ4v) is 16.4. The third-order valence-electron chi connectivity index (χ3n) is 22.8. The zero-order chi connectivity index (χ0) is 97.4. The lowest BCUT2D eigenvalue weighted by molar-refractivity contribution is -0.151. The predicted octanol–water partition coefficient (Wildman–Crippen LogP) is 2.62. The highest BCUT2D eigenvalue weighted by Gasteiger charge is 2.42. The van der Waals surface area contributed by atoms with Gasteiger partial charge in [-0.05, 0) is 100 Å². The number of para-hydroxylation sites is 1. The van der Waals surface area contributed by atoms with Crippen LogP contribution in [0.2, 0.25) is 0 Å². The molecule has 15 amide bonds. The number of H-pyrrole nitrogens is 1. The minimum Gasteiger partial charge on any atom is -0.508 e. The second-order valence-corrected chi connectivity index (χ2v) is 34.8. The summed E-state index contributed by atoms with van der Waals surface area (Å²) in [5, 5.41) is 66.2. The minimum absolute atomic E-state index is 0.00791. The topological polar surface area (TPSA) is 520 Å². The van der Waals surface area contributed by atoms with Crippen molar-refractivity contribution in [2.24, 2.45) is 11.7 Å². The van der Waals surface area contributed by atoms with Crippen molar-refractivity contribution in [1.29, 1.82) is 0 Å². The molecule has 11 atom stereocenters. The third-order valence-corrected chi connectivity index (χ3v) is 23.9. The number of aliphatic carboxylic acids is 1. The summed E-state index contributed by atoms with van der Waals surface area (Å²) in [6.45, 7) is 2.96. The molecule has 0 aliphatic carbocycles. The van der Waals surface area contributed by atoms with Gasteiger partial charge in [0.1, 0.15) is 83.7 Å². The fraction of sp³-hybridized carbons (Fsp3) is 0.381. The smallest absolute Gasteiger partial charge is 0.305 e. The number of aromatic hydroxyl groups is 3. The number of amides is 15. The van der Waals surface area contributed by atoms with Gasteiger partial charge in [-0.2, -0.15) is 0 Å². The van der Waals surface area contributed by atoms with Crippen molar-refractivity contribution in [3.63, 3.8) is 0 Å². The van der Waals surface area contributed by atoms with Crippen molar-refractivity contribution in [3.05, 3.63) is 233 Å². The van der Waals surface area contributed by atoms with E-state index in [9.17, 15) is 58.8 Å². The van der Waals surface area contributed by atoms with E-state index >= 15 is 38.4 Å². The van der Waals surface area contributed by atoms with Crippen molar-refractivity contribution in [2.45, 2.75) is 164 Å². The van der Waals surface area contributed by atoms with Gasteiger partial charge in [-0.25, -0.2) is 0 Å². The Kier molecular flexibility index (Phi) is 38.5. The standard InChI is InChI=1S/C97H118N16O20S/c1-9-10-30-79-96(132)110(5)55-84(119)102-74(51-86(121)122)91(127)106-77(47-64-35-41-68(116)42-36-64)95(131)112(7)80(48-60-24-16-12-17-25-60)92(128)107-75(46-63-33-39-67(115)40-34-63)93(129)109(4)54-83(118)101-73(50-65-52-99-70-29-21-20-28-69(65)70)90(126)105-72(44-62-31-37-66(114)38-32-62)89(125)104-71(43-58(2)3)88(124)108-78(87(123)100-53-82(98)117)56-134-57-85(120)103-76(45-59-22-14-11-15-23-59)94(130)113(8)81(97(133)111(79)6)49-61-26-18-13-19-27-61/h11-29,31-42,52,58,71-81,99,114-116H,9-10,30,43-51,53-57H2,1-8H3,(H2,98,117)(H,100,123)(H,101,118)(H,102,119)(H,103,120)(H,104,125)(H,105,126)(H,106,127)(H,107,128)(H,108,124)(H,121,122)/t71-,72-,73-,74-,75?,76-,77-,78-,79-,80-,81-/m0/s1. The molecule has 1 aromatic heterocycles. The zero-order valence-corrected chi connectivity index (χ0v) is 76.8. The van der Waals surface area contributed by atoms with Crippen LogP contribution in [0, 0.1) is 5.92 Å². The van der Waals surface area contributed by atoms with Crippen molar-refractivity contribution < 1.29 is 97.1 Å². The van der Waals surface area contributed by atoms with Crippen LogP contribution in [-0.2, 0) is 122 Å². The second-order valence-electron chi connectivity index (χ2n) is 33.8. The average molecular weight is 1860 g/mol. The monoisotopic (exact) mass is 1860 g/mol. The lowest BCUT2D eigenvalue weighted by Crippen LogP contribution is -2.60. The van der Waals surface area contributed by atoms with Gasteiger partial charge in [0.2, 0.25) is 88.6 Å². The molecule has 1 saturated heterocycles. The van der Waals surface area contributed by atoms with Gasteiger partial charge in [-0.3, -0.25) is 76.7 Å². The number of carboxylic acid groups (broad SMARTS) is 1. The maximum atomic E-state index is 15.6. The molecule has 1 fully saturated rings. The van der Waals surface area contributed by atoms with Crippen molar-refractivity contribution in [2.75, 3.05) is 66.4 Å². The van der Waals surface area contributed by atoms with Crippen LogP contribution in [0.25, 0.3) is 10.9 Å². The SMILES string of the molecule is CCCC[C@H]1C(=O)N(C)CC(=O)N[C@@H](CC(=O)O)C(=O)N[C@@H](Cc2ccc(O)cc2)C(=O)N(C)[C@@H](Cc2ccccc2)C(=O)NC(Cc2ccc(O)cc2)C(=O)N(C)CC(=O)N[C@@H](Cc2c[nH]c3ccccc23)C(=O)N[C@@H](Cc2ccc(O)cc2)C(=O)N[C@@H](CC(C)C)C(=O)N[C@H](C(=O)NCC(N)=O)CSCC(=O)N[C@@H](Cc2ccccc2)C(=O)N(C)[C@@H](Cc2ccccc2)C(=O)N1C. The summed E-state index contributed by atoms with van der Waals surface area (Å²) in [4.78, 5) is 245. The van der Waals surface area contributed by atoms with Gasteiger partial charge in [-0.1, -0.05) is 179 Å². The number of phenols is 3. The number of rotatable bonds is 24. The highest BCUT2D eigenvalue weighted by Crippen LogP contribution is 2.25. The highest BCUT2D eigenvalue weighted by molar-refractivity contribution is 8.00. The summed E-state index contributed by atoms with van der Waals surface area (Å²) < 4.78 is 0. The Morgan fingerprint density at radius 3 is 1.33 bits per heavy atom. The first kappa shape index (κ1) is 103. The van der Waals surface area contributed by atoms with Crippen LogP contribution in [0.15, 0.2) is 194 Å². The van der Waals surface area contributed by atoms with E-state index in [-0.39, 0.29) is 74.5 Å². The maximum Gasteiger partial charge on any atom is 0.305 e. The summed E-state index contributed by atoms with van der Waals surface area (Å²) >= 11 is 0.823. The number of hydrogen-bond donors (Lipinski definition) is 15. The Morgan fingerprint density at radius 1 is 0.425 bits per heavy atom. The fourth-order valence-electron chi connectivity index (χ4n) is 15.5. The number of nitrogens with two attached hydrogens (primary N) is 1. The highest BCUT2D eigenvalue weighted by atomic mass is 32.2. The number of aromatic nitrogens is 1. The molecular weight excluding hydrogens is 1740 g/mol. The molecule has 134 heavy (non-hydrogen) atoms. The van der Waals surface area contributed by atoms with Crippen LogP contribution in [-0.4, -0.2) is 277 Å². The van der Waals surface area contributed by atoms with Crippen molar-refractivity contribution in [3.8, 4) is 17.2 Å². The van der Waals surface area contributed by atoms with Crippen LogP contribution in [0.3, 0.4) is 0 Å². The molecule has 1 aliphatic rings. The Labute approximate surface area is 780 Å². The maximum absolute atomic E-state index is 15.6. The number of nitrogens with zero attached hydrogens (tertiary/aromatic N) is 5. The van der Waals surface area contributed by atoms with Crippen LogP contribution in [0.1, 0.15) is 91.8 Å². The average Bonchev–Trinajstić information content (AvgIpc) is 1.23. The summed E-state index contributed by atoms with van der Waals surface area (Å²) in [5.41, 5.74) is 9.33. The lowest BCUT2D eigenvalue weighted by atomic mass is 9.99. The number of nitrogens with one attached hydrogen (secondary N) is 10. The largest absolute Gasteiger partial charge is 0.508 e. The molecule has 9 rings (SSSR count). The van der Waals surface area contributed by atoms with E-state index in [4.69, 9.17) is 5.73 Å². The first-order valence-corrected chi connectivity index (χ1v) is 45.1. The number of carbonyl (C=O) groups excluding carboxylic acids is 15. The number of hydrogen-bond acceptors (Lipinski definition) is 20. The van der Waals surface area contributed by atoms with Gasteiger partial charge in [0.05, 0.1) is 31.8 Å². The number of carboxylic acids is 1. The van der Waals surface area contributed by atoms with Gasteiger partial charge in [-0.15, -0.1) is 11.8 Å². The molecule has 0 bridgehead atoms. The van der Waals surface area contributed by atoms with E-state index in [1.807, 2.05) is 6.92 Å². The summed E-state index contributed by atoms with van der Waals surface area (Å²) in [6, 6.07) is 32.0. The molecule has 0 radical (unpaired) electrons. The Bertz CT molecular complexity index is 5420. The molecule has 16 N–H and O–H groups in total. The van der Waals surface area contributed by atoms with E-state index in [0.29, 0.717) is 62.7 Å². The first-order valence-electron chi connectivity index (χ1n) is 44.0. The van der Waals surface area contributed by atoms with E-state index in [1.54, 1.807) is 135 Å². The molecule has 37 heteroatoms. The Balaban J connectivity index is 1.13. The number of unbranched alkanes of at least 4 members (excludes halogenated alkanes) is 1. The van der Waals surface area contributed by atoms with Gasteiger partial charge < -0.3 is 103 Å². The van der Waals surface area contributed by atoms with Crippen molar-refractivity contribution in [1.82, 2.24) is 77.3 Å². The summed E-state index contributed by atoms with van der Waals surface area (Å²) in [7, 11) is 6.46. The molecule has 8 aromatic rings. The van der Waals surface area contributed by atoms with Gasteiger partial charge in [0.15, 0.2) is 0 Å². The van der Waals surface area contributed by atoms with Crippen LogP contribution >= 0.6 is 11.8 Å². The number of aromatic amines is 1. The van der Waals surface area contributed by atoms with Crippen LogP contribution < -0.4 is 53.6 Å². The normalized spacial score (nSPS) is 21.5. The molecule has 36 nitrogen and oxygen atoms in total. The quantitative estimate of drug-likeness (QED) is 0.0413. The van der Waals surface area contributed by atoms with E-state index in [2.05, 4.69) is 52.8 Å². The van der Waals surface area contributed by atoms with E-state index < -0.39 is 205 Å². The predicted molar refractivity (Wildman–Crippen MR) is 499 cm³/mol. The molecular formula is C97H118N16O20S. The number of thioether (sulfide) groups is 1. The number of primary amides is 1. The Hall–Kier alpha value is -14.7. The number of fused-ring (bicyclic) bond motifs is 1. The molecule has 7 aromatic carbocycles. The molecule has 1 aliphatic heterocycles. The third kappa shape index (κ3) is 31.0. The molecule has 2 heterocycles. The van der Waals surface area contributed by atoms with Gasteiger partial charge in [0.25, 0.3) is 0 Å². The number of carbonyl (C=O) groups is 16. The summed E-state index contributed by atoms with van der Waals surface area (Å²) in [6.07, 6.45) is -0.576. The number of phenolic OH excluding ortho intramolecular Hbond substituents is 3. The van der Waals surface area contributed by atoms with Crippen LogP contribution in [0.4, 0.5) is 0 Å². The van der Waals surface area contributed by atoms with E-state index in [1.165, 1.54) is 108 Å². The second kappa shape index (κ2) is 50.1. The van der Waals surface area contributed by atoms with Gasteiger partial charge >= 0.3 is 5.97 Å². The van der Waals surface area contributed by atoms with E-state index in [0.717, 1.165) is 36.3 Å². The zero-order valence-electron chi connectivity index (χ0n) is 76.0. The van der Waals surface area contributed by atoms with Gasteiger partial charge in [0, 0.05) is 103 Å². The number of benzene rings is 7.